The van der Waals surface area contributed by atoms with Crippen LogP contribution >= 0.6 is 27.5 Å². The van der Waals surface area contributed by atoms with E-state index in [0.717, 1.165) is 41.0 Å². The maximum absolute atomic E-state index is 6.54. The normalized spacial score (nSPS) is 16.2. The first kappa shape index (κ1) is 18.0. The average Bonchev–Trinajstić information content (AvgIpc) is 2.42. The first-order chi connectivity index (χ1) is 9.38. The number of rotatable bonds is 7. The van der Waals surface area contributed by atoms with Crippen LogP contribution in [-0.4, -0.2) is 29.6 Å². The maximum Gasteiger partial charge on any atom is 0.0449 e. The van der Waals surface area contributed by atoms with E-state index in [-0.39, 0.29) is 11.6 Å². The molecule has 0 amide bonds. The molecule has 1 aromatic rings. The Kier molecular flexibility index (Phi) is 6.99. The first-order valence-corrected chi connectivity index (χ1v) is 8.50. The molecular weight excluding hydrogens is 336 g/mol. The third kappa shape index (κ3) is 3.97. The van der Waals surface area contributed by atoms with Crippen LogP contribution in [0.5, 0.6) is 0 Å². The van der Waals surface area contributed by atoms with Crippen LogP contribution in [0.1, 0.15) is 39.7 Å². The topological polar surface area (TPSA) is 29.3 Å². The second-order valence-electron chi connectivity index (χ2n) is 5.43. The van der Waals surface area contributed by atoms with Crippen molar-refractivity contribution in [2.75, 3.05) is 13.1 Å². The van der Waals surface area contributed by atoms with Crippen LogP contribution < -0.4 is 5.73 Å². The summed E-state index contributed by atoms with van der Waals surface area (Å²) in [7, 11) is 0. The molecule has 2 N–H and O–H groups in total. The van der Waals surface area contributed by atoms with Gasteiger partial charge in [0.15, 0.2) is 0 Å². The summed E-state index contributed by atoms with van der Waals surface area (Å²) in [5, 5.41) is 0.785. The van der Waals surface area contributed by atoms with Crippen LogP contribution in [0, 0.1) is 0 Å². The molecule has 0 spiro atoms. The third-order valence-electron chi connectivity index (χ3n) is 4.46. The van der Waals surface area contributed by atoms with Crippen molar-refractivity contribution in [3.8, 4) is 0 Å². The van der Waals surface area contributed by atoms with Crippen molar-refractivity contribution in [1.82, 2.24) is 4.90 Å². The molecule has 4 heteroatoms. The summed E-state index contributed by atoms with van der Waals surface area (Å²) in [6, 6.07) is 6.08. The predicted octanol–water partition coefficient (Wildman–Crippen LogP) is 4.48. The lowest BCUT2D eigenvalue weighted by Crippen LogP contribution is -2.58. The van der Waals surface area contributed by atoms with Crippen LogP contribution in [0.3, 0.4) is 0 Å². The fourth-order valence-electron chi connectivity index (χ4n) is 2.81. The van der Waals surface area contributed by atoms with E-state index in [1.807, 2.05) is 12.1 Å². The molecule has 0 aromatic heterocycles. The Bertz CT molecular complexity index is 434. The van der Waals surface area contributed by atoms with Crippen LogP contribution in [0.4, 0.5) is 0 Å². The summed E-state index contributed by atoms with van der Waals surface area (Å²) in [5.41, 5.74) is 7.66. The summed E-state index contributed by atoms with van der Waals surface area (Å²) in [6.07, 6.45) is 1.83. The lowest BCUT2D eigenvalue weighted by atomic mass is 9.84. The summed E-state index contributed by atoms with van der Waals surface area (Å²) in [4.78, 5) is 2.45. The van der Waals surface area contributed by atoms with E-state index in [0.29, 0.717) is 0 Å². The van der Waals surface area contributed by atoms with E-state index in [1.165, 1.54) is 0 Å². The number of hydrogen-bond acceptors (Lipinski definition) is 2. The highest BCUT2D eigenvalue weighted by Gasteiger charge is 2.34. The quantitative estimate of drug-likeness (QED) is 0.775. The molecule has 0 saturated heterocycles. The van der Waals surface area contributed by atoms with Crippen molar-refractivity contribution in [3.63, 3.8) is 0 Å². The van der Waals surface area contributed by atoms with Crippen LogP contribution in [0.2, 0.25) is 5.02 Å². The second-order valence-corrected chi connectivity index (χ2v) is 6.75. The van der Waals surface area contributed by atoms with Crippen molar-refractivity contribution in [3.05, 3.63) is 33.3 Å². The molecule has 20 heavy (non-hydrogen) atoms. The zero-order chi connectivity index (χ0) is 15.3. The van der Waals surface area contributed by atoms with Crippen LogP contribution in [0.25, 0.3) is 0 Å². The summed E-state index contributed by atoms with van der Waals surface area (Å²) in [5.74, 6) is 0. The second kappa shape index (κ2) is 7.79. The first-order valence-electron chi connectivity index (χ1n) is 7.33. The van der Waals surface area contributed by atoms with Gasteiger partial charge in [0.2, 0.25) is 0 Å². The Balaban J connectivity index is 2.94. The monoisotopic (exact) mass is 360 g/mol. The van der Waals surface area contributed by atoms with Crippen molar-refractivity contribution in [2.24, 2.45) is 5.73 Å². The molecule has 0 aliphatic carbocycles. The maximum atomic E-state index is 6.54. The van der Waals surface area contributed by atoms with Gasteiger partial charge in [0.25, 0.3) is 0 Å². The minimum atomic E-state index is -0.0000968. The summed E-state index contributed by atoms with van der Waals surface area (Å²) < 4.78 is 1.00. The number of nitrogens with zero attached hydrogens (tertiary/aromatic N) is 1. The van der Waals surface area contributed by atoms with Gasteiger partial charge in [-0.2, -0.15) is 0 Å². The van der Waals surface area contributed by atoms with Crippen LogP contribution in [0.15, 0.2) is 22.7 Å². The fraction of sp³-hybridized carbons (Fsp3) is 0.625. The Morgan fingerprint density at radius 1 is 1.30 bits per heavy atom. The standard InChI is InChI=1S/C16H26BrClN2/c1-5-16(4,20(6-2)7-3)15(19)10-12-8-9-13(17)11-14(12)18/h8-9,11,15H,5-7,10,19H2,1-4H3. The number of nitrogens with two attached hydrogens (primary N) is 1. The summed E-state index contributed by atoms with van der Waals surface area (Å²) >= 11 is 9.75. The van der Waals surface area contributed by atoms with Gasteiger partial charge in [-0.1, -0.05) is 54.4 Å². The molecule has 114 valence electrons. The van der Waals surface area contributed by atoms with Gasteiger partial charge in [0.05, 0.1) is 0 Å². The molecule has 0 saturated carbocycles. The molecule has 0 fully saturated rings. The largest absolute Gasteiger partial charge is 0.326 e. The Hall–Kier alpha value is -0.0900. The van der Waals surface area contributed by atoms with Gasteiger partial charge in [0.1, 0.15) is 0 Å². The van der Waals surface area contributed by atoms with Crippen LogP contribution in [-0.2, 0) is 6.42 Å². The van der Waals surface area contributed by atoms with E-state index >= 15 is 0 Å². The number of hydrogen-bond donors (Lipinski definition) is 1. The molecule has 0 heterocycles. The van der Waals surface area contributed by atoms with Crippen molar-refractivity contribution in [1.29, 1.82) is 0 Å². The minimum absolute atomic E-state index is 0.0000968. The molecule has 1 aromatic carbocycles. The highest BCUT2D eigenvalue weighted by Crippen LogP contribution is 2.28. The lowest BCUT2D eigenvalue weighted by Gasteiger charge is -2.44. The Labute approximate surface area is 136 Å². The Morgan fingerprint density at radius 3 is 2.35 bits per heavy atom. The molecule has 1 rings (SSSR count). The zero-order valence-electron chi connectivity index (χ0n) is 12.9. The smallest absolute Gasteiger partial charge is 0.0449 e. The third-order valence-corrected chi connectivity index (χ3v) is 5.30. The van der Waals surface area contributed by atoms with Gasteiger partial charge in [-0.05, 0) is 50.6 Å². The molecule has 2 atom stereocenters. The van der Waals surface area contributed by atoms with Gasteiger partial charge in [-0.3, -0.25) is 4.90 Å². The minimum Gasteiger partial charge on any atom is -0.326 e. The van der Waals surface area contributed by atoms with Crippen molar-refractivity contribution in [2.45, 2.75) is 52.1 Å². The van der Waals surface area contributed by atoms with E-state index < -0.39 is 0 Å². The fourth-order valence-corrected chi connectivity index (χ4v) is 3.56. The SMILES string of the molecule is CCN(CC)C(C)(CC)C(N)Cc1ccc(Br)cc1Cl. The predicted molar refractivity (Wildman–Crippen MR) is 92.4 cm³/mol. The van der Waals surface area contributed by atoms with Gasteiger partial charge in [-0.25, -0.2) is 0 Å². The summed E-state index contributed by atoms with van der Waals surface area (Å²) in [6.45, 7) is 10.9. The zero-order valence-corrected chi connectivity index (χ0v) is 15.3. The molecule has 2 unspecified atom stereocenters. The van der Waals surface area contributed by atoms with Gasteiger partial charge < -0.3 is 5.73 Å². The highest BCUT2D eigenvalue weighted by molar-refractivity contribution is 9.10. The molecule has 2 nitrogen and oxygen atoms in total. The number of halogens is 2. The van der Waals surface area contributed by atoms with Crippen molar-refractivity contribution < 1.29 is 0 Å². The van der Waals surface area contributed by atoms with E-state index in [2.05, 4.69) is 54.6 Å². The van der Waals surface area contributed by atoms with Gasteiger partial charge >= 0.3 is 0 Å². The molecular formula is C16H26BrClN2. The van der Waals surface area contributed by atoms with Gasteiger partial charge in [0, 0.05) is 21.1 Å². The van der Waals surface area contributed by atoms with E-state index in [4.69, 9.17) is 17.3 Å². The molecule has 0 radical (unpaired) electrons. The molecule has 0 bridgehead atoms. The molecule has 0 aliphatic rings. The van der Waals surface area contributed by atoms with Crippen molar-refractivity contribution >= 4 is 27.5 Å². The number of benzene rings is 1. The lowest BCUT2D eigenvalue weighted by molar-refractivity contribution is 0.0845. The van der Waals surface area contributed by atoms with E-state index in [1.54, 1.807) is 0 Å². The van der Waals surface area contributed by atoms with E-state index in [9.17, 15) is 0 Å². The highest BCUT2D eigenvalue weighted by atomic mass is 79.9. The Morgan fingerprint density at radius 2 is 1.90 bits per heavy atom. The average molecular weight is 362 g/mol. The molecule has 0 aliphatic heterocycles. The number of likely N-dealkylation sites (N-methyl/N-ethyl adjacent to an activating group) is 1. The van der Waals surface area contributed by atoms with Gasteiger partial charge in [-0.15, -0.1) is 0 Å².